The van der Waals surface area contributed by atoms with Crippen LogP contribution < -0.4 is 26.2 Å². The summed E-state index contributed by atoms with van der Waals surface area (Å²) >= 11 is 0. The Kier molecular flexibility index (Phi) is 7.05. The summed E-state index contributed by atoms with van der Waals surface area (Å²) in [5.74, 6) is -0.252. The highest BCUT2D eigenvalue weighted by molar-refractivity contribution is 6.03. The van der Waals surface area contributed by atoms with Crippen LogP contribution in [0.2, 0.25) is 0 Å². The lowest BCUT2D eigenvalue weighted by molar-refractivity contribution is -0.137. The molecule has 2 unspecified atom stereocenters. The van der Waals surface area contributed by atoms with Gasteiger partial charge in [0, 0.05) is 36.3 Å². The summed E-state index contributed by atoms with van der Waals surface area (Å²) in [6.07, 6.45) is -0.817. The number of urea groups is 2. The smallest absolute Gasteiger partial charge is 0.326 e. The molecule has 0 spiro atoms. The molecule has 0 aliphatic carbocycles. The molecule has 4 N–H and O–H groups in total. The Morgan fingerprint density at radius 2 is 1.57 bits per heavy atom. The Labute approximate surface area is 209 Å². The van der Waals surface area contributed by atoms with Crippen LogP contribution in [0.5, 0.6) is 0 Å². The first-order valence-corrected chi connectivity index (χ1v) is 11.2. The van der Waals surface area contributed by atoms with Crippen molar-refractivity contribution in [3.8, 4) is 0 Å². The molecular weight excluding hydrogens is 491 g/mol. The molecule has 1 aromatic heterocycles. The van der Waals surface area contributed by atoms with E-state index in [-0.39, 0.29) is 23.3 Å². The number of aromatic nitrogens is 2. The minimum Gasteiger partial charge on any atom is -0.326 e. The zero-order valence-electron chi connectivity index (χ0n) is 19.8. The molecule has 5 amide bonds. The zero-order chi connectivity index (χ0) is 26.7. The number of hydrogen-bond donors (Lipinski definition) is 4. The number of amides is 5. The second-order valence-corrected chi connectivity index (χ2v) is 8.55. The fourth-order valence-corrected chi connectivity index (χ4v) is 4.03. The molecule has 0 radical (unpaired) electrons. The molecule has 2 aromatic carbocycles. The third-order valence-corrected chi connectivity index (χ3v) is 5.65. The first-order chi connectivity index (χ1) is 17.5. The molecule has 2 atom stereocenters. The Bertz CT molecular complexity index is 1320. The number of carbonyl (C=O) groups excluding carboxylic acids is 3. The number of alkyl halides is 3. The molecule has 1 aliphatic heterocycles. The van der Waals surface area contributed by atoms with Crippen molar-refractivity contribution in [2.75, 3.05) is 20.9 Å². The summed E-state index contributed by atoms with van der Waals surface area (Å²) in [4.78, 5) is 39.3. The molecule has 1 saturated heterocycles. The highest BCUT2D eigenvalue weighted by Crippen LogP contribution is 2.31. The van der Waals surface area contributed by atoms with Gasteiger partial charge in [-0.2, -0.15) is 18.3 Å². The lowest BCUT2D eigenvalue weighted by atomic mass is 10.2. The molecule has 10 nitrogen and oxygen atoms in total. The van der Waals surface area contributed by atoms with Crippen LogP contribution in [-0.2, 0) is 18.0 Å². The number of aryl methyl sites for hydroxylation is 1. The topological polar surface area (TPSA) is 120 Å². The monoisotopic (exact) mass is 515 g/mol. The van der Waals surface area contributed by atoms with E-state index in [9.17, 15) is 27.6 Å². The summed E-state index contributed by atoms with van der Waals surface area (Å²) in [6.45, 7) is 1.88. The van der Waals surface area contributed by atoms with Crippen LogP contribution in [-0.4, -0.2) is 39.8 Å². The lowest BCUT2D eigenvalue weighted by Gasteiger charge is -2.19. The molecule has 2 heterocycles. The number of nitrogens with zero attached hydrogens (tertiary/aromatic N) is 3. The minimum absolute atomic E-state index is 0.0308. The van der Waals surface area contributed by atoms with E-state index >= 15 is 0 Å². The molecule has 0 saturated carbocycles. The van der Waals surface area contributed by atoms with E-state index in [1.807, 2.05) is 6.92 Å². The van der Waals surface area contributed by atoms with Gasteiger partial charge in [-0.25, -0.2) is 9.59 Å². The van der Waals surface area contributed by atoms with Crippen molar-refractivity contribution in [3.63, 3.8) is 0 Å². The van der Waals surface area contributed by atoms with Gasteiger partial charge in [0.25, 0.3) is 0 Å². The largest absolute Gasteiger partial charge is 0.416 e. The van der Waals surface area contributed by atoms with E-state index in [1.165, 1.54) is 18.2 Å². The van der Waals surface area contributed by atoms with Crippen molar-refractivity contribution < 1.29 is 27.6 Å². The quantitative estimate of drug-likeness (QED) is 0.403. The number of rotatable bonds is 5. The Balaban J connectivity index is 1.33. The fraction of sp³-hybridized carbons (Fsp3) is 0.250. The summed E-state index contributed by atoms with van der Waals surface area (Å²) in [5.41, 5.74) is 0.345. The SMILES string of the molecule is CC1CC(NC(=O)Nc2cccc(NC(=O)Nc3cccc(C(F)(F)F)c3)c2)C(=O)N1c1cnn(C)c1. The summed E-state index contributed by atoms with van der Waals surface area (Å²) in [7, 11) is 1.75. The Morgan fingerprint density at radius 3 is 2.16 bits per heavy atom. The van der Waals surface area contributed by atoms with Crippen LogP contribution in [0.25, 0.3) is 0 Å². The highest BCUT2D eigenvalue weighted by Gasteiger charge is 2.39. The maximum atomic E-state index is 12.9. The second-order valence-electron chi connectivity index (χ2n) is 8.55. The summed E-state index contributed by atoms with van der Waals surface area (Å²) in [5, 5.41) is 14.2. The Morgan fingerprint density at radius 1 is 0.973 bits per heavy atom. The van der Waals surface area contributed by atoms with Gasteiger partial charge in [0.2, 0.25) is 5.91 Å². The number of nitrogens with one attached hydrogen (secondary N) is 4. The number of hydrogen-bond acceptors (Lipinski definition) is 4. The molecule has 4 rings (SSSR count). The van der Waals surface area contributed by atoms with E-state index in [4.69, 9.17) is 0 Å². The number of halogens is 3. The van der Waals surface area contributed by atoms with E-state index in [1.54, 1.807) is 47.2 Å². The third-order valence-electron chi connectivity index (χ3n) is 5.65. The maximum absolute atomic E-state index is 12.9. The molecule has 13 heteroatoms. The molecule has 194 valence electrons. The van der Waals surface area contributed by atoms with Gasteiger partial charge in [-0.1, -0.05) is 12.1 Å². The standard InChI is InChI=1S/C24H24F3N7O3/c1-14-9-20(21(35)34(14)19-12-28-33(2)13-19)32-23(37)31-18-8-4-7-17(11-18)30-22(36)29-16-6-3-5-15(10-16)24(25,26)27/h3-8,10-14,20H,9H2,1-2H3,(H2,29,30,36)(H2,31,32,37). The fourth-order valence-electron chi connectivity index (χ4n) is 4.03. The molecule has 1 fully saturated rings. The van der Waals surface area contributed by atoms with Gasteiger partial charge in [0.05, 0.1) is 17.4 Å². The number of benzene rings is 2. The highest BCUT2D eigenvalue weighted by atomic mass is 19.4. The van der Waals surface area contributed by atoms with E-state index in [0.29, 0.717) is 17.8 Å². The van der Waals surface area contributed by atoms with Crippen LogP contribution in [0.15, 0.2) is 60.9 Å². The normalized spacial score (nSPS) is 17.4. The van der Waals surface area contributed by atoms with Gasteiger partial charge >= 0.3 is 18.2 Å². The van der Waals surface area contributed by atoms with Gasteiger partial charge in [-0.3, -0.25) is 9.48 Å². The van der Waals surface area contributed by atoms with Crippen molar-refractivity contribution in [1.29, 1.82) is 0 Å². The number of anilines is 4. The van der Waals surface area contributed by atoms with Crippen LogP contribution in [0.3, 0.4) is 0 Å². The lowest BCUT2D eigenvalue weighted by Crippen LogP contribution is -2.43. The Hall–Kier alpha value is -4.55. The van der Waals surface area contributed by atoms with Gasteiger partial charge < -0.3 is 26.2 Å². The van der Waals surface area contributed by atoms with Crippen molar-refractivity contribution in [3.05, 3.63) is 66.5 Å². The van der Waals surface area contributed by atoms with Crippen LogP contribution in [0.4, 0.5) is 45.5 Å². The summed E-state index contributed by atoms with van der Waals surface area (Å²) in [6, 6.07) is 8.17. The minimum atomic E-state index is -4.53. The van der Waals surface area contributed by atoms with Gasteiger partial charge in [0.15, 0.2) is 0 Å². The number of carbonyl (C=O) groups is 3. The van der Waals surface area contributed by atoms with Gasteiger partial charge in [-0.15, -0.1) is 0 Å². The summed E-state index contributed by atoms with van der Waals surface area (Å²) < 4.78 is 40.2. The van der Waals surface area contributed by atoms with Crippen molar-refractivity contribution >= 4 is 40.7 Å². The van der Waals surface area contributed by atoms with E-state index in [2.05, 4.69) is 26.4 Å². The van der Waals surface area contributed by atoms with E-state index in [0.717, 1.165) is 12.1 Å². The molecule has 3 aromatic rings. The van der Waals surface area contributed by atoms with Gasteiger partial charge in [-0.05, 0) is 49.7 Å². The van der Waals surface area contributed by atoms with Gasteiger partial charge in [0.1, 0.15) is 6.04 Å². The van der Waals surface area contributed by atoms with Crippen LogP contribution in [0.1, 0.15) is 18.9 Å². The average Bonchev–Trinajstić information content (AvgIpc) is 3.35. The first-order valence-electron chi connectivity index (χ1n) is 11.2. The first kappa shape index (κ1) is 25.5. The van der Waals surface area contributed by atoms with Crippen LogP contribution in [0, 0.1) is 0 Å². The van der Waals surface area contributed by atoms with Crippen molar-refractivity contribution in [1.82, 2.24) is 15.1 Å². The predicted octanol–water partition coefficient (Wildman–Crippen LogP) is 4.40. The zero-order valence-corrected chi connectivity index (χ0v) is 19.8. The van der Waals surface area contributed by atoms with Crippen LogP contribution >= 0.6 is 0 Å². The van der Waals surface area contributed by atoms with Crippen molar-refractivity contribution in [2.24, 2.45) is 7.05 Å². The third kappa shape index (κ3) is 6.18. The van der Waals surface area contributed by atoms with E-state index < -0.39 is 29.8 Å². The molecule has 0 bridgehead atoms. The molecular formula is C24H24F3N7O3. The average molecular weight is 515 g/mol. The van der Waals surface area contributed by atoms with Crippen molar-refractivity contribution in [2.45, 2.75) is 31.6 Å². The predicted molar refractivity (Wildman–Crippen MR) is 131 cm³/mol. The maximum Gasteiger partial charge on any atom is 0.416 e. The molecule has 1 aliphatic rings. The second kappa shape index (κ2) is 10.2. The molecule has 37 heavy (non-hydrogen) atoms.